The van der Waals surface area contributed by atoms with E-state index in [1.807, 2.05) is 4.90 Å². The lowest BCUT2D eigenvalue weighted by Crippen LogP contribution is -2.45. The lowest BCUT2D eigenvalue weighted by atomic mass is 10.0. The number of benzene rings is 2. The highest BCUT2D eigenvalue weighted by atomic mass is 32.2. The number of hydrogen-bond acceptors (Lipinski definition) is 5. The van der Waals surface area contributed by atoms with E-state index in [0.29, 0.717) is 45.7 Å². The number of aromatic nitrogens is 2. The lowest BCUT2D eigenvalue weighted by molar-refractivity contribution is -0.143. The van der Waals surface area contributed by atoms with Gasteiger partial charge in [-0.05, 0) is 66.1 Å². The van der Waals surface area contributed by atoms with Crippen LogP contribution in [-0.4, -0.2) is 50.8 Å². The van der Waals surface area contributed by atoms with Gasteiger partial charge in [0.15, 0.2) is 5.17 Å². The second-order valence-corrected chi connectivity index (χ2v) is 10.8. The normalized spacial score (nSPS) is 17.9. The van der Waals surface area contributed by atoms with Gasteiger partial charge in [0.1, 0.15) is 0 Å². The summed E-state index contributed by atoms with van der Waals surface area (Å²) in [4.78, 5) is 30.4. The monoisotopic (exact) mass is 595 g/mol. The van der Waals surface area contributed by atoms with Crippen LogP contribution in [-0.2, 0) is 28.5 Å². The van der Waals surface area contributed by atoms with Crippen molar-refractivity contribution < 1.29 is 35.9 Å². The van der Waals surface area contributed by atoms with Gasteiger partial charge in [-0.1, -0.05) is 12.1 Å². The van der Waals surface area contributed by atoms with Gasteiger partial charge >= 0.3 is 12.4 Å². The van der Waals surface area contributed by atoms with Crippen molar-refractivity contribution in [2.75, 3.05) is 13.1 Å². The van der Waals surface area contributed by atoms with Gasteiger partial charge in [0.05, 0.1) is 34.3 Å². The number of thioether (sulfide) groups is 1. The van der Waals surface area contributed by atoms with E-state index in [1.54, 1.807) is 24.3 Å². The quantitative estimate of drug-likeness (QED) is 0.310. The molecule has 3 heterocycles. The average molecular weight is 596 g/mol. The van der Waals surface area contributed by atoms with Crippen molar-refractivity contribution in [3.8, 4) is 0 Å². The molecule has 1 N–H and O–H groups in total. The Morgan fingerprint density at radius 2 is 1.80 bits per heavy atom. The summed E-state index contributed by atoms with van der Waals surface area (Å²) in [7, 11) is 0. The molecule has 0 unspecified atom stereocenters. The van der Waals surface area contributed by atoms with E-state index in [1.165, 1.54) is 29.6 Å². The Balaban J connectivity index is 1.31. The molecule has 1 fully saturated rings. The predicted molar refractivity (Wildman–Crippen MR) is 142 cm³/mol. The van der Waals surface area contributed by atoms with Crippen LogP contribution in [0, 0.1) is 0 Å². The molecule has 0 aliphatic carbocycles. The molecule has 0 spiro atoms. The summed E-state index contributed by atoms with van der Waals surface area (Å²) in [5, 5.41) is 8.22. The standard InChI is InChI=1S/C27H23F6N5O2S/c1-15(39)35-20-6-8-37(9-7-20)25-36-24(40)23(41-25)11-16-2-5-22-18(10-16)13-34-38(22)14-17-3-4-19(26(28,29)30)12-21(17)27(31,32)33/h2-5,10-13,20H,6-9,14H2,1H3,(H,35,39). The second kappa shape index (κ2) is 10.9. The summed E-state index contributed by atoms with van der Waals surface area (Å²) in [6.07, 6.45) is -5.29. The topological polar surface area (TPSA) is 79.6 Å². The summed E-state index contributed by atoms with van der Waals surface area (Å²) >= 11 is 1.25. The third-order valence-electron chi connectivity index (χ3n) is 6.81. The van der Waals surface area contributed by atoms with Crippen LogP contribution in [0.2, 0.25) is 0 Å². The molecule has 0 atom stereocenters. The van der Waals surface area contributed by atoms with Gasteiger partial charge in [0.25, 0.3) is 5.91 Å². The Kier molecular flexibility index (Phi) is 7.62. The first-order valence-electron chi connectivity index (χ1n) is 12.6. The number of aliphatic imine (C=N–C) groups is 1. The number of halogens is 6. The van der Waals surface area contributed by atoms with Crippen LogP contribution in [0.15, 0.2) is 52.5 Å². The Morgan fingerprint density at radius 1 is 1.07 bits per heavy atom. The fraction of sp³-hybridized carbons (Fsp3) is 0.333. The number of fused-ring (bicyclic) bond motifs is 1. The minimum Gasteiger partial charge on any atom is -0.353 e. The maximum Gasteiger partial charge on any atom is 0.416 e. The van der Waals surface area contributed by atoms with Gasteiger partial charge < -0.3 is 10.2 Å². The van der Waals surface area contributed by atoms with Crippen molar-refractivity contribution in [1.82, 2.24) is 20.0 Å². The third-order valence-corrected chi connectivity index (χ3v) is 7.85. The second-order valence-electron chi connectivity index (χ2n) is 9.76. The molecular formula is C27H23F6N5O2S. The zero-order valence-electron chi connectivity index (χ0n) is 21.5. The number of likely N-dealkylation sites (tertiary alicyclic amines) is 1. The molecule has 1 saturated heterocycles. The van der Waals surface area contributed by atoms with Crippen LogP contribution in [0.1, 0.15) is 42.0 Å². The Hall–Kier alpha value is -3.81. The SMILES string of the molecule is CC(=O)NC1CCN(C2=NC(=O)C(=Cc3ccc4c(cnn4Cc4ccc(C(F)(F)F)cc4C(F)(F)F)c3)S2)CC1. The van der Waals surface area contributed by atoms with E-state index in [0.717, 1.165) is 18.9 Å². The van der Waals surface area contributed by atoms with Gasteiger partial charge in [0.2, 0.25) is 5.91 Å². The summed E-state index contributed by atoms with van der Waals surface area (Å²) < 4.78 is 81.1. The first kappa shape index (κ1) is 28.7. The molecule has 1 aromatic heterocycles. The zero-order valence-corrected chi connectivity index (χ0v) is 22.3. The lowest BCUT2D eigenvalue weighted by Gasteiger charge is -2.32. The number of nitrogens with zero attached hydrogens (tertiary/aromatic N) is 4. The number of alkyl halides is 6. The highest BCUT2D eigenvalue weighted by Gasteiger charge is 2.38. The van der Waals surface area contributed by atoms with E-state index >= 15 is 0 Å². The van der Waals surface area contributed by atoms with Crippen LogP contribution in [0.3, 0.4) is 0 Å². The molecule has 2 aromatic carbocycles. The van der Waals surface area contributed by atoms with Crippen molar-refractivity contribution in [1.29, 1.82) is 0 Å². The van der Waals surface area contributed by atoms with Gasteiger partial charge in [-0.2, -0.15) is 36.4 Å². The number of hydrogen-bond donors (Lipinski definition) is 1. The molecule has 2 aliphatic heterocycles. The summed E-state index contributed by atoms with van der Waals surface area (Å²) in [6.45, 7) is 2.39. The van der Waals surface area contributed by atoms with Gasteiger partial charge in [-0.15, -0.1) is 0 Å². The average Bonchev–Trinajstić information content (AvgIpc) is 3.45. The van der Waals surface area contributed by atoms with E-state index < -0.39 is 23.5 Å². The molecule has 0 radical (unpaired) electrons. The first-order valence-corrected chi connectivity index (χ1v) is 13.4. The number of piperidine rings is 1. The molecule has 14 heteroatoms. The number of carbonyl (C=O) groups excluding carboxylic acids is 2. The van der Waals surface area contributed by atoms with E-state index in [9.17, 15) is 35.9 Å². The number of amidine groups is 1. The summed E-state index contributed by atoms with van der Waals surface area (Å²) in [6, 6.07) is 6.67. The maximum absolute atomic E-state index is 13.6. The number of carbonyl (C=O) groups is 2. The van der Waals surface area contributed by atoms with Gasteiger partial charge in [0, 0.05) is 31.4 Å². The molecule has 5 rings (SSSR count). The molecule has 0 bridgehead atoms. The Labute approximate surface area is 234 Å². The predicted octanol–water partition coefficient (Wildman–Crippen LogP) is 5.69. The van der Waals surface area contributed by atoms with Crippen LogP contribution < -0.4 is 5.32 Å². The molecule has 3 aromatic rings. The fourth-order valence-corrected chi connectivity index (χ4v) is 5.79. The van der Waals surface area contributed by atoms with E-state index in [-0.39, 0.29) is 36.0 Å². The van der Waals surface area contributed by atoms with Crippen molar-refractivity contribution in [2.45, 2.75) is 44.7 Å². The number of amides is 2. The van der Waals surface area contributed by atoms with E-state index in [2.05, 4.69) is 15.4 Å². The summed E-state index contributed by atoms with van der Waals surface area (Å²) in [5.41, 5.74) is -1.97. The zero-order chi connectivity index (χ0) is 29.5. The van der Waals surface area contributed by atoms with Gasteiger partial charge in [-0.25, -0.2) is 0 Å². The largest absolute Gasteiger partial charge is 0.416 e. The van der Waals surface area contributed by atoms with Crippen molar-refractivity contribution in [3.05, 3.63) is 69.8 Å². The molecule has 2 amide bonds. The first-order chi connectivity index (χ1) is 19.3. The molecule has 7 nitrogen and oxygen atoms in total. The molecule has 41 heavy (non-hydrogen) atoms. The third kappa shape index (κ3) is 6.42. The van der Waals surface area contributed by atoms with Crippen LogP contribution >= 0.6 is 11.8 Å². The number of nitrogens with one attached hydrogen (secondary N) is 1. The Bertz CT molecular complexity index is 1570. The molecule has 2 aliphatic rings. The van der Waals surface area contributed by atoms with Crippen LogP contribution in [0.4, 0.5) is 26.3 Å². The van der Waals surface area contributed by atoms with Crippen LogP contribution in [0.25, 0.3) is 17.0 Å². The van der Waals surface area contributed by atoms with Crippen LogP contribution in [0.5, 0.6) is 0 Å². The van der Waals surface area contributed by atoms with Crippen molar-refractivity contribution >= 4 is 45.7 Å². The van der Waals surface area contributed by atoms with E-state index in [4.69, 9.17) is 0 Å². The minimum absolute atomic E-state index is 0.0791. The highest BCUT2D eigenvalue weighted by Crippen LogP contribution is 2.38. The Morgan fingerprint density at radius 3 is 2.46 bits per heavy atom. The van der Waals surface area contributed by atoms with Crippen molar-refractivity contribution in [2.24, 2.45) is 4.99 Å². The molecule has 216 valence electrons. The van der Waals surface area contributed by atoms with Gasteiger partial charge in [-0.3, -0.25) is 14.3 Å². The van der Waals surface area contributed by atoms with Crippen molar-refractivity contribution in [3.63, 3.8) is 0 Å². The smallest absolute Gasteiger partial charge is 0.353 e. The number of rotatable bonds is 4. The summed E-state index contributed by atoms with van der Waals surface area (Å²) in [5.74, 6) is -0.462. The fourth-order valence-electron chi connectivity index (χ4n) is 4.82. The molecule has 0 saturated carbocycles. The maximum atomic E-state index is 13.6. The minimum atomic E-state index is -4.98. The highest BCUT2D eigenvalue weighted by molar-refractivity contribution is 8.18. The molecular weight excluding hydrogens is 572 g/mol.